The molecule has 30 heavy (non-hydrogen) atoms. The number of nitrogens with zero attached hydrogens (tertiary/aromatic N) is 2. The SMILES string of the molecule is Cc1ccccc1CN(Cc1nc(C(=O)NC(C)c2ccccc2)co1)CC1CC1. The van der Waals surface area contributed by atoms with E-state index >= 15 is 0 Å². The summed E-state index contributed by atoms with van der Waals surface area (Å²) in [5, 5.41) is 2.99. The number of rotatable bonds is 9. The summed E-state index contributed by atoms with van der Waals surface area (Å²) in [6.45, 7) is 6.60. The van der Waals surface area contributed by atoms with Crippen LogP contribution in [0.3, 0.4) is 0 Å². The minimum absolute atomic E-state index is 0.0914. The monoisotopic (exact) mass is 403 g/mol. The molecule has 2 aromatic carbocycles. The van der Waals surface area contributed by atoms with E-state index < -0.39 is 0 Å². The highest BCUT2D eigenvalue weighted by molar-refractivity contribution is 5.92. The molecule has 1 aromatic heterocycles. The van der Waals surface area contributed by atoms with E-state index in [0.29, 0.717) is 18.1 Å². The number of aryl methyl sites for hydroxylation is 1. The molecule has 1 heterocycles. The Balaban J connectivity index is 1.40. The van der Waals surface area contributed by atoms with Gasteiger partial charge in [-0.1, -0.05) is 54.6 Å². The molecule has 0 bridgehead atoms. The van der Waals surface area contributed by atoms with E-state index in [4.69, 9.17) is 4.42 Å². The van der Waals surface area contributed by atoms with E-state index in [1.165, 1.54) is 30.2 Å². The van der Waals surface area contributed by atoms with Crippen molar-refractivity contribution in [2.45, 2.75) is 45.8 Å². The lowest BCUT2D eigenvalue weighted by molar-refractivity contribution is 0.0934. The van der Waals surface area contributed by atoms with Crippen molar-refractivity contribution in [1.82, 2.24) is 15.2 Å². The van der Waals surface area contributed by atoms with Crippen molar-refractivity contribution in [3.8, 4) is 0 Å². The fourth-order valence-corrected chi connectivity index (χ4v) is 3.65. The molecule has 156 valence electrons. The zero-order valence-corrected chi connectivity index (χ0v) is 17.7. The molecule has 1 atom stereocenters. The fraction of sp³-hybridized carbons (Fsp3) is 0.360. The van der Waals surface area contributed by atoms with Crippen molar-refractivity contribution < 1.29 is 9.21 Å². The van der Waals surface area contributed by atoms with Crippen LogP contribution >= 0.6 is 0 Å². The molecule has 0 radical (unpaired) electrons. The Hall–Kier alpha value is -2.92. The molecule has 0 spiro atoms. The number of aromatic nitrogens is 1. The Morgan fingerprint density at radius 1 is 1.13 bits per heavy atom. The lowest BCUT2D eigenvalue weighted by Crippen LogP contribution is -2.27. The van der Waals surface area contributed by atoms with Crippen LogP contribution in [-0.2, 0) is 13.1 Å². The van der Waals surface area contributed by atoms with E-state index in [1.54, 1.807) is 0 Å². The fourth-order valence-electron chi connectivity index (χ4n) is 3.65. The maximum atomic E-state index is 12.6. The first-order valence-corrected chi connectivity index (χ1v) is 10.7. The number of carbonyl (C=O) groups is 1. The second-order valence-corrected chi connectivity index (χ2v) is 8.27. The average Bonchev–Trinajstić information content (AvgIpc) is 3.44. The highest BCUT2D eigenvalue weighted by Gasteiger charge is 2.26. The van der Waals surface area contributed by atoms with E-state index in [0.717, 1.165) is 24.6 Å². The van der Waals surface area contributed by atoms with Crippen LogP contribution in [0.25, 0.3) is 0 Å². The summed E-state index contributed by atoms with van der Waals surface area (Å²) < 4.78 is 5.66. The zero-order chi connectivity index (χ0) is 20.9. The van der Waals surface area contributed by atoms with Crippen LogP contribution in [0.1, 0.15) is 58.9 Å². The van der Waals surface area contributed by atoms with E-state index in [9.17, 15) is 4.79 Å². The van der Waals surface area contributed by atoms with Crippen molar-refractivity contribution in [3.63, 3.8) is 0 Å². The van der Waals surface area contributed by atoms with Gasteiger partial charge in [0, 0.05) is 13.1 Å². The molecular formula is C25H29N3O2. The number of hydrogen-bond donors (Lipinski definition) is 1. The molecule has 1 amide bonds. The molecule has 1 fully saturated rings. The van der Waals surface area contributed by atoms with Gasteiger partial charge in [0.15, 0.2) is 5.69 Å². The summed E-state index contributed by atoms with van der Waals surface area (Å²) in [7, 11) is 0. The normalized spacial score (nSPS) is 14.6. The van der Waals surface area contributed by atoms with Crippen LogP contribution in [0.4, 0.5) is 0 Å². The number of amides is 1. The third kappa shape index (κ3) is 5.36. The van der Waals surface area contributed by atoms with Gasteiger partial charge in [-0.2, -0.15) is 0 Å². The lowest BCUT2D eigenvalue weighted by atomic mass is 10.1. The van der Waals surface area contributed by atoms with Gasteiger partial charge in [0.05, 0.1) is 12.6 Å². The molecule has 0 saturated heterocycles. The second-order valence-electron chi connectivity index (χ2n) is 8.27. The molecule has 1 saturated carbocycles. The summed E-state index contributed by atoms with van der Waals surface area (Å²) >= 11 is 0. The Kier molecular flexibility index (Phi) is 6.29. The van der Waals surface area contributed by atoms with Gasteiger partial charge in [-0.05, 0) is 49.3 Å². The lowest BCUT2D eigenvalue weighted by Gasteiger charge is -2.21. The summed E-state index contributed by atoms with van der Waals surface area (Å²) in [5.74, 6) is 1.13. The highest BCUT2D eigenvalue weighted by atomic mass is 16.3. The summed E-state index contributed by atoms with van der Waals surface area (Å²) in [4.78, 5) is 19.4. The first kappa shape index (κ1) is 20.4. The van der Waals surface area contributed by atoms with Gasteiger partial charge >= 0.3 is 0 Å². The Labute approximate surface area is 178 Å². The van der Waals surface area contributed by atoms with Gasteiger partial charge in [-0.3, -0.25) is 9.69 Å². The smallest absolute Gasteiger partial charge is 0.273 e. The zero-order valence-electron chi connectivity index (χ0n) is 17.7. The van der Waals surface area contributed by atoms with E-state index in [2.05, 4.69) is 46.4 Å². The molecular weight excluding hydrogens is 374 g/mol. The topological polar surface area (TPSA) is 58.4 Å². The second kappa shape index (κ2) is 9.26. The van der Waals surface area contributed by atoms with Crippen LogP contribution in [0.5, 0.6) is 0 Å². The molecule has 3 aromatic rings. The van der Waals surface area contributed by atoms with Gasteiger partial charge in [0.1, 0.15) is 6.26 Å². The van der Waals surface area contributed by atoms with Crippen LogP contribution < -0.4 is 5.32 Å². The largest absolute Gasteiger partial charge is 0.447 e. The molecule has 5 heteroatoms. The summed E-state index contributed by atoms with van der Waals surface area (Å²) in [6.07, 6.45) is 4.05. The molecule has 5 nitrogen and oxygen atoms in total. The van der Waals surface area contributed by atoms with Gasteiger partial charge in [0.25, 0.3) is 5.91 Å². The Bertz CT molecular complexity index is 979. The number of carbonyl (C=O) groups excluding carboxylic acids is 1. The summed E-state index contributed by atoms with van der Waals surface area (Å²) in [6, 6.07) is 18.3. The maximum Gasteiger partial charge on any atom is 0.273 e. The number of oxazole rings is 1. The molecule has 1 unspecified atom stereocenters. The molecule has 1 N–H and O–H groups in total. The molecule has 1 aliphatic carbocycles. The predicted octanol–water partition coefficient (Wildman–Crippen LogP) is 4.89. The molecule has 4 rings (SSSR count). The number of hydrogen-bond acceptors (Lipinski definition) is 4. The Morgan fingerprint density at radius 3 is 2.60 bits per heavy atom. The third-order valence-corrected chi connectivity index (χ3v) is 5.66. The number of benzene rings is 2. The molecule has 1 aliphatic rings. The van der Waals surface area contributed by atoms with Crippen LogP contribution in [0.2, 0.25) is 0 Å². The quantitative estimate of drug-likeness (QED) is 0.553. The van der Waals surface area contributed by atoms with Gasteiger partial charge in [0.2, 0.25) is 5.89 Å². The predicted molar refractivity (Wildman–Crippen MR) is 117 cm³/mol. The van der Waals surface area contributed by atoms with Crippen molar-refractivity contribution >= 4 is 5.91 Å². The average molecular weight is 404 g/mol. The van der Waals surface area contributed by atoms with Gasteiger partial charge in [-0.15, -0.1) is 0 Å². The van der Waals surface area contributed by atoms with Gasteiger partial charge < -0.3 is 9.73 Å². The van der Waals surface area contributed by atoms with Crippen LogP contribution in [-0.4, -0.2) is 22.3 Å². The first-order chi connectivity index (χ1) is 14.6. The summed E-state index contributed by atoms with van der Waals surface area (Å²) in [5.41, 5.74) is 4.00. The Morgan fingerprint density at radius 2 is 1.87 bits per heavy atom. The van der Waals surface area contributed by atoms with E-state index in [-0.39, 0.29) is 11.9 Å². The van der Waals surface area contributed by atoms with Crippen molar-refractivity contribution in [2.75, 3.05) is 6.54 Å². The van der Waals surface area contributed by atoms with Crippen LogP contribution in [0.15, 0.2) is 65.3 Å². The minimum atomic E-state index is -0.214. The minimum Gasteiger partial charge on any atom is -0.447 e. The van der Waals surface area contributed by atoms with Crippen molar-refractivity contribution in [2.24, 2.45) is 5.92 Å². The van der Waals surface area contributed by atoms with Crippen molar-refractivity contribution in [1.29, 1.82) is 0 Å². The van der Waals surface area contributed by atoms with Crippen molar-refractivity contribution in [3.05, 3.63) is 89.1 Å². The van der Waals surface area contributed by atoms with E-state index in [1.807, 2.05) is 37.3 Å². The highest BCUT2D eigenvalue weighted by Crippen LogP contribution is 2.31. The standard InChI is InChI=1S/C25H29N3O2/c1-18-8-6-7-11-22(18)15-28(14-20-12-13-20)16-24-27-23(17-30-24)25(29)26-19(2)21-9-4-3-5-10-21/h3-11,17,19-20H,12-16H2,1-2H3,(H,26,29). The molecule has 0 aliphatic heterocycles. The van der Waals surface area contributed by atoms with Crippen LogP contribution in [0, 0.1) is 12.8 Å². The number of nitrogens with one attached hydrogen (secondary N) is 1. The third-order valence-electron chi connectivity index (χ3n) is 5.66. The maximum absolute atomic E-state index is 12.6. The van der Waals surface area contributed by atoms with Gasteiger partial charge in [-0.25, -0.2) is 4.98 Å². The first-order valence-electron chi connectivity index (χ1n) is 10.7.